The smallest absolute Gasteiger partial charge is 0.126 e. The molecule has 2 rings (SSSR count). The molecule has 1 aliphatic heterocycles. The monoisotopic (exact) mass is 284 g/mol. The second-order valence-corrected chi connectivity index (χ2v) is 5.18. The highest BCUT2D eigenvalue weighted by Crippen LogP contribution is 2.24. The molecule has 0 radical (unpaired) electrons. The summed E-state index contributed by atoms with van der Waals surface area (Å²) in [7, 11) is 0. The maximum atomic E-state index is 13.4. The fourth-order valence-electron chi connectivity index (χ4n) is 2.79. The molecule has 2 N–H and O–H groups in total. The van der Waals surface area contributed by atoms with Gasteiger partial charge >= 0.3 is 0 Å². The molecule has 1 aromatic carbocycles. The van der Waals surface area contributed by atoms with Crippen molar-refractivity contribution >= 4 is 0 Å². The molecule has 0 spiro atoms. The Morgan fingerprint density at radius 2 is 2.05 bits per heavy atom. The molecule has 1 heterocycles. The molecule has 0 aliphatic carbocycles. The molecule has 1 aliphatic rings. The third-order valence-corrected chi connectivity index (χ3v) is 3.80. The number of nitrogens with zero attached hydrogens (tertiary/aromatic N) is 1. The van der Waals surface area contributed by atoms with Crippen LogP contribution in [0.2, 0.25) is 0 Å². The van der Waals surface area contributed by atoms with Gasteiger partial charge in [0.2, 0.25) is 0 Å². The lowest BCUT2D eigenvalue weighted by atomic mass is 10.0. The van der Waals surface area contributed by atoms with Crippen LogP contribution in [0.4, 0.5) is 8.78 Å². The average Bonchev–Trinajstić information content (AvgIpc) is 2.90. The van der Waals surface area contributed by atoms with Crippen LogP contribution < -0.4 is 5.73 Å². The van der Waals surface area contributed by atoms with Crippen LogP contribution in [0.25, 0.3) is 0 Å². The predicted molar refractivity (Wildman–Crippen MR) is 74.4 cm³/mol. The number of halogens is 2. The van der Waals surface area contributed by atoms with E-state index in [2.05, 4.69) is 4.90 Å². The molecule has 0 amide bonds. The molecule has 0 saturated carbocycles. The topological polar surface area (TPSA) is 38.5 Å². The van der Waals surface area contributed by atoms with Gasteiger partial charge in [0, 0.05) is 31.8 Å². The molecule has 3 nitrogen and oxygen atoms in total. The van der Waals surface area contributed by atoms with Crippen LogP contribution in [0.3, 0.4) is 0 Å². The van der Waals surface area contributed by atoms with Gasteiger partial charge in [-0.2, -0.15) is 0 Å². The van der Waals surface area contributed by atoms with Gasteiger partial charge in [0.1, 0.15) is 11.6 Å². The molecule has 1 fully saturated rings. The molecular formula is C15H22F2N2O. The van der Waals surface area contributed by atoms with E-state index < -0.39 is 11.6 Å². The first kappa shape index (κ1) is 15.4. The molecule has 0 aromatic heterocycles. The van der Waals surface area contributed by atoms with Crippen molar-refractivity contribution in [2.75, 3.05) is 26.2 Å². The van der Waals surface area contributed by atoms with Crippen molar-refractivity contribution in [1.29, 1.82) is 0 Å². The second kappa shape index (κ2) is 7.11. The summed E-state index contributed by atoms with van der Waals surface area (Å²) in [5, 5.41) is 0. The summed E-state index contributed by atoms with van der Waals surface area (Å²) in [5.41, 5.74) is 6.42. The third kappa shape index (κ3) is 3.75. The standard InChI is InChI=1S/C15H22F2N2O/c1-2-19(10-14-4-3-5-20-14)15(9-18)11-6-12(16)8-13(17)7-11/h6-8,14-15H,2-5,9-10,18H2,1H3. The number of rotatable bonds is 6. The first-order chi connectivity index (χ1) is 9.63. The SMILES string of the molecule is CCN(CC1CCCO1)C(CN)c1cc(F)cc(F)c1. The summed E-state index contributed by atoms with van der Waals surface area (Å²) in [5.74, 6) is -1.13. The summed E-state index contributed by atoms with van der Waals surface area (Å²) >= 11 is 0. The number of likely N-dealkylation sites (N-methyl/N-ethyl adjacent to an activating group) is 1. The highest BCUT2D eigenvalue weighted by molar-refractivity contribution is 5.22. The Morgan fingerprint density at radius 3 is 2.55 bits per heavy atom. The van der Waals surface area contributed by atoms with Crippen molar-refractivity contribution < 1.29 is 13.5 Å². The maximum Gasteiger partial charge on any atom is 0.126 e. The van der Waals surface area contributed by atoms with Gasteiger partial charge in [0.05, 0.1) is 6.10 Å². The Kier molecular flexibility index (Phi) is 5.46. The van der Waals surface area contributed by atoms with Gasteiger partial charge in [-0.1, -0.05) is 6.92 Å². The van der Waals surface area contributed by atoms with E-state index in [1.54, 1.807) is 0 Å². The quantitative estimate of drug-likeness (QED) is 0.872. The molecule has 2 unspecified atom stereocenters. The van der Waals surface area contributed by atoms with Crippen molar-refractivity contribution in [2.45, 2.75) is 31.9 Å². The zero-order valence-corrected chi connectivity index (χ0v) is 11.8. The third-order valence-electron chi connectivity index (χ3n) is 3.80. The zero-order valence-electron chi connectivity index (χ0n) is 11.8. The average molecular weight is 284 g/mol. The molecule has 2 atom stereocenters. The molecule has 1 aromatic rings. The first-order valence-electron chi connectivity index (χ1n) is 7.15. The van der Waals surface area contributed by atoms with E-state index >= 15 is 0 Å². The van der Waals surface area contributed by atoms with Crippen molar-refractivity contribution in [3.63, 3.8) is 0 Å². The molecule has 112 valence electrons. The number of ether oxygens (including phenoxy) is 1. The molecule has 0 bridgehead atoms. The Labute approximate surface area is 118 Å². The van der Waals surface area contributed by atoms with Gasteiger partial charge < -0.3 is 10.5 Å². The van der Waals surface area contributed by atoms with Gasteiger partial charge in [0.25, 0.3) is 0 Å². The van der Waals surface area contributed by atoms with Crippen LogP contribution in [-0.4, -0.2) is 37.2 Å². The van der Waals surface area contributed by atoms with E-state index in [1.165, 1.54) is 12.1 Å². The van der Waals surface area contributed by atoms with Crippen molar-refractivity contribution in [3.8, 4) is 0 Å². The summed E-state index contributed by atoms with van der Waals surface area (Å²) in [6, 6.07) is 3.42. The highest BCUT2D eigenvalue weighted by atomic mass is 19.1. The van der Waals surface area contributed by atoms with E-state index in [0.717, 1.165) is 38.6 Å². The lowest BCUT2D eigenvalue weighted by Crippen LogP contribution is -2.38. The molecule has 1 saturated heterocycles. The number of hydrogen-bond acceptors (Lipinski definition) is 3. The normalized spacial score (nSPS) is 20.6. The van der Waals surface area contributed by atoms with Crippen LogP contribution in [0.1, 0.15) is 31.4 Å². The number of benzene rings is 1. The minimum Gasteiger partial charge on any atom is -0.377 e. The van der Waals surface area contributed by atoms with E-state index in [1.807, 2.05) is 6.92 Å². The molecule has 5 heteroatoms. The minimum absolute atomic E-state index is 0.186. The number of hydrogen-bond donors (Lipinski definition) is 1. The van der Waals surface area contributed by atoms with E-state index in [-0.39, 0.29) is 12.1 Å². The van der Waals surface area contributed by atoms with E-state index in [4.69, 9.17) is 10.5 Å². The zero-order chi connectivity index (χ0) is 14.5. The maximum absolute atomic E-state index is 13.4. The van der Waals surface area contributed by atoms with Crippen molar-refractivity contribution in [3.05, 3.63) is 35.4 Å². The summed E-state index contributed by atoms with van der Waals surface area (Å²) in [4.78, 5) is 2.13. The van der Waals surface area contributed by atoms with E-state index in [0.29, 0.717) is 12.1 Å². The first-order valence-corrected chi connectivity index (χ1v) is 7.15. The molecule has 20 heavy (non-hydrogen) atoms. The summed E-state index contributed by atoms with van der Waals surface area (Å²) in [6.45, 7) is 4.65. The van der Waals surface area contributed by atoms with E-state index in [9.17, 15) is 8.78 Å². The Balaban J connectivity index is 2.14. The Morgan fingerprint density at radius 1 is 1.35 bits per heavy atom. The predicted octanol–water partition coefficient (Wildman–Crippen LogP) is 2.47. The van der Waals surface area contributed by atoms with Gasteiger partial charge in [-0.25, -0.2) is 8.78 Å². The lowest BCUT2D eigenvalue weighted by molar-refractivity contribution is 0.0600. The van der Waals surface area contributed by atoms with Gasteiger partial charge in [-0.3, -0.25) is 4.90 Å². The fraction of sp³-hybridized carbons (Fsp3) is 0.600. The van der Waals surface area contributed by atoms with Crippen molar-refractivity contribution in [1.82, 2.24) is 4.90 Å². The van der Waals surface area contributed by atoms with Gasteiger partial charge in [0.15, 0.2) is 0 Å². The second-order valence-electron chi connectivity index (χ2n) is 5.18. The molecular weight excluding hydrogens is 262 g/mol. The van der Waals surface area contributed by atoms with Crippen LogP contribution in [-0.2, 0) is 4.74 Å². The number of nitrogens with two attached hydrogens (primary N) is 1. The Hall–Kier alpha value is -1.04. The van der Waals surface area contributed by atoms with Crippen LogP contribution >= 0.6 is 0 Å². The van der Waals surface area contributed by atoms with Crippen LogP contribution in [0.15, 0.2) is 18.2 Å². The largest absolute Gasteiger partial charge is 0.377 e. The van der Waals surface area contributed by atoms with Crippen LogP contribution in [0.5, 0.6) is 0 Å². The van der Waals surface area contributed by atoms with Crippen LogP contribution in [0, 0.1) is 11.6 Å². The van der Waals surface area contributed by atoms with Gasteiger partial charge in [-0.15, -0.1) is 0 Å². The minimum atomic E-state index is -0.563. The summed E-state index contributed by atoms with van der Waals surface area (Å²) < 4.78 is 32.4. The summed E-state index contributed by atoms with van der Waals surface area (Å²) in [6.07, 6.45) is 2.30. The van der Waals surface area contributed by atoms with Crippen molar-refractivity contribution in [2.24, 2.45) is 5.73 Å². The Bertz CT molecular complexity index is 416. The highest BCUT2D eigenvalue weighted by Gasteiger charge is 2.24. The lowest BCUT2D eigenvalue weighted by Gasteiger charge is -2.32. The fourth-order valence-corrected chi connectivity index (χ4v) is 2.79. The van der Waals surface area contributed by atoms with Gasteiger partial charge in [-0.05, 0) is 37.1 Å².